The molecular weight excluding hydrogens is 335 g/mol. The standard InChI is InChI=1S/C13H11Cl3N4O/c1-21-9-5-2-8(3-6-9)4-7-10-18-11(13(14,15)16)20-12(17)19-10/h2-7H,1H3,(H2,17,18,19,20). The third kappa shape index (κ3) is 4.46. The van der Waals surface area contributed by atoms with Crippen molar-refractivity contribution in [3.05, 3.63) is 41.5 Å². The molecule has 5 nitrogen and oxygen atoms in total. The highest BCUT2D eigenvalue weighted by Gasteiger charge is 2.27. The van der Waals surface area contributed by atoms with E-state index in [1.165, 1.54) is 0 Å². The molecule has 8 heteroatoms. The van der Waals surface area contributed by atoms with Gasteiger partial charge in [-0.15, -0.1) is 0 Å². The normalized spacial score (nSPS) is 11.8. The SMILES string of the molecule is COc1ccc(C=Cc2nc(N)nc(C(Cl)(Cl)Cl)n2)cc1. The fourth-order valence-electron chi connectivity index (χ4n) is 1.50. The first-order valence-corrected chi connectivity index (χ1v) is 6.93. The largest absolute Gasteiger partial charge is 0.497 e. The molecular formula is C13H11Cl3N4O. The summed E-state index contributed by atoms with van der Waals surface area (Å²) in [6.45, 7) is 0. The Balaban J connectivity index is 2.25. The molecule has 0 amide bonds. The average molecular weight is 346 g/mol. The minimum atomic E-state index is -1.75. The van der Waals surface area contributed by atoms with Crippen LogP contribution in [0.4, 0.5) is 5.95 Å². The van der Waals surface area contributed by atoms with Crippen LogP contribution in [-0.4, -0.2) is 22.1 Å². The van der Waals surface area contributed by atoms with E-state index in [1.54, 1.807) is 19.3 Å². The van der Waals surface area contributed by atoms with E-state index in [1.807, 2.05) is 24.3 Å². The first-order chi connectivity index (χ1) is 9.88. The predicted octanol–water partition coefficient (Wildman–Crippen LogP) is 3.46. The van der Waals surface area contributed by atoms with Gasteiger partial charge in [-0.05, 0) is 23.8 Å². The molecule has 0 saturated carbocycles. The lowest BCUT2D eigenvalue weighted by molar-refractivity contribution is 0.415. The number of hydrogen-bond acceptors (Lipinski definition) is 5. The molecule has 1 heterocycles. The minimum Gasteiger partial charge on any atom is -0.497 e. The summed E-state index contributed by atoms with van der Waals surface area (Å²) < 4.78 is 3.33. The molecule has 2 N–H and O–H groups in total. The molecule has 2 aromatic rings. The summed E-state index contributed by atoms with van der Waals surface area (Å²) in [5.41, 5.74) is 6.51. The van der Waals surface area contributed by atoms with Gasteiger partial charge in [-0.3, -0.25) is 0 Å². The molecule has 0 radical (unpaired) electrons. The summed E-state index contributed by atoms with van der Waals surface area (Å²) >= 11 is 17.2. The molecule has 21 heavy (non-hydrogen) atoms. The van der Waals surface area contributed by atoms with E-state index in [4.69, 9.17) is 45.3 Å². The van der Waals surface area contributed by atoms with Crippen LogP contribution >= 0.6 is 34.8 Å². The number of ether oxygens (including phenoxy) is 1. The Kier molecular flexibility index (Phi) is 4.88. The first-order valence-electron chi connectivity index (χ1n) is 5.79. The van der Waals surface area contributed by atoms with Gasteiger partial charge in [0.25, 0.3) is 0 Å². The summed E-state index contributed by atoms with van der Waals surface area (Å²) in [4.78, 5) is 11.8. The molecule has 0 saturated heterocycles. The minimum absolute atomic E-state index is 0.0132. The second-order valence-electron chi connectivity index (χ2n) is 3.98. The Morgan fingerprint density at radius 1 is 1.05 bits per heavy atom. The van der Waals surface area contributed by atoms with E-state index in [2.05, 4.69) is 15.0 Å². The predicted molar refractivity (Wildman–Crippen MR) is 85.4 cm³/mol. The van der Waals surface area contributed by atoms with Crippen LogP contribution in [0.25, 0.3) is 12.2 Å². The molecule has 0 aliphatic heterocycles. The smallest absolute Gasteiger partial charge is 0.250 e. The summed E-state index contributed by atoms with van der Waals surface area (Å²) in [5, 5.41) is 0. The quantitative estimate of drug-likeness (QED) is 0.862. The van der Waals surface area contributed by atoms with Crippen molar-refractivity contribution >= 4 is 52.9 Å². The van der Waals surface area contributed by atoms with E-state index in [0.717, 1.165) is 11.3 Å². The van der Waals surface area contributed by atoms with Gasteiger partial charge in [0, 0.05) is 0 Å². The van der Waals surface area contributed by atoms with Crippen LogP contribution in [0.5, 0.6) is 5.75 Å². The van der Waals surface area contributed by atoms with Crippen molar-refractivity contribution in [3.8, 4) is 5.75 Å². The maximum atomic E-state index is 5.74. The molecule has 2 rings (SSSR count). The highest BCUT2D eigenvalue weighted by molar-refractivity contribution is 6.66. The maximum Gasteiger partial charge on any atom is 0.250 e. The van der Waals surface area contributed by atoms with Crippen molar-refractivity contribution in [2.24, 2.45) is 0 Å². The maximum absolute atomic E-state index is 5.74. The number of nitrogens with zero attached hydrogens (tertiary/aromatic N) is 3. The molecule has 0 aliphatic carbocycles. The molecule has 0 bridgehead atoms. The van der Waals surface area contributed by atoms with Gasteiger partial charge in [-0.1, -0.05) is 53.0 Å². The molecule has 0 spiro atoms. The van der Waals surface area contributed by atoms with Crippen LogP contribution in [0.3, 0.4) is 0 Å². The third-order valence-corrected chi connectivity index (χ3v) is 2.97. The Morgan fingerprint density at radius 3 is 2.29 bits per heavy atom. The first kappa shape index (κ1) is 15.8. The summed E-state index contributed by atoms with van der Waals surface area (Å²) in [6, 6.07) is 7.45. The van der Waals surface area contributed by atoms with Gasteiger partial charge in [0.2, 0.25) is 9.74 Å². The van der Waals surface area contributed by atoms with E-state index >= 15 is 0 Å². The molecule has 1 aromatic carbocycles. The van der Waals surface area contributed by atoms with Gasteiger partial charge in [0.05, 0.1) is 7.11 Å². The van der Waals surface area contributed by atoms with Crippen molar-refractivity contribution in [2.45, 2.75) is 3.79 Å². The van der Waals surface area contributed by atoms with Crippen LogP contribution in [0.15, 0.2) is 24.3 Å². The van der Waals surface area contributed by atoms with Gasteiger partial charge >= 0.3 is 0 Å². The molecule has 0 atom stereocenters. The zero-order chi connectivity index (χ0) is 15.5. The lowest BCUT2D eigenvalue weighted by Gasteiger charge is -2.09. The number of aromatic nitrogens is 3. The van der Waals surface area contributed by atoms with Crippen LogP contribution in [0.1, 0.15) is 17.2 Å². The topological polar surface area (TPSA) is 73.9 Å². The molecule has 0 fully saturated rings. The van der Waals surface area contributed by atoms with Gasteiger partial charge in [0.15, 0.2) is 11.6 Å². The molecule has 0 unspecified atom stereocenters. The number of rotatable bonds is 3. The highest BCUT2D eigenvalue weighted by Crippen LogP contribution is 2.35. The van der Waals surface area contributed by atoms with Gasteiger partial charge in [-0.2, -0.15) is 9.97 Å². The number of alkyl halides is 3. The van der Waals surface area contributed by atoms with Gasteiger partial charge < -0.3 is 10.5 Å². The van der Waals surface area contributed by atoms with Crippen LogP contribution < -0.4 is 10.5 Å². The van der Waals surface area contributed by atoms with Gasteiger partial charge in [-0.25, -0.2) is 4.98 Å². The van der Waals surface area contributed by atoms with Crippen molar-refractivity contribution in [3.63, 3.8) is 0 Å². The Morgan fingerprint density at radius 2 is 1.71 bits per heavy atom. The Hall–Kier alpha value is -1.56. The lowest BCUT2D eigenvalue weighted by atomic mass is 10.2. The van der Waals surface area contributed by atoms with E-state index in [0.29, 0.717) is 5.82 Å². The molecule has 110 valence electrons. The van der Waals surface area contributed by atoms with E-state index < -0.39 is 3.79 Å². The van der Waals surface area contributed by atoms with E-state index in [-0.39, 0.29) is 11.8 Å². The van der Waals surface area contributed by atoms with Crippen molar-refractivity contribution in [1.82, 2.24) is 15.0 Å². The Labute approximate surface area is 136 Å². The van der Waals surface area contributed by atoms with Crippen LogP contribution in [0.2, 0.25) is 0 Å². The van der Waals surface area contributed by atoms with Crippen LogP contribution in [-0.2, 0) is 3.79 Å². The summed E-state index contributed by atoms with van der Waals surface area (Å²) in [5.74, 6) is 1.05. The van der Waals surface area contributed by atoms with Crippen LogP contribution in [0, 0.1) is 0 Å². The highest BCUT2D eigenvalue weighted by atomic mass is 35.6. The number of nitrogens with two attached hydrogens (primary N) is 1. The summed E-state index contributed by atoms with van der Waals surface area (Å²) in [6.07, 6.45) is 3.45. The lowest BCUT2D eigenvalue weighted by Crippen LogP contribution is -2.12. The number of benzene rings is 1. The van der Waals surface area contributed by atoms with Gasteiger partial charge in [0.1, 0.15) is 5.75 Å². The van der Waals surface area contributed by atoms with Crippen molar-refractivity contribution < 1.29 is 4.74 Å². The monoisotopic (exact) mass is 344 g/mol. The van der Waals surface area contributed by atoms with Crippen molar-refractivity contribution in [2.75, 3.05) is 12.8 Å². The average Bonchev–Trinajstić information content (AvgIpc) is 2.44. The molecule has 0 aliphatic rings. The molecule has 1 aromatic heterocycles. The number of nitrogen functional groups attached to an aromatic ring is 1. The second kappa shape index (κ2) is 6.47. The fourth-order valence-corrected chi connectivity index (χ4v) is 1.75. The zero-order valence-electron chi connectivity index (χ0n) is 10.9. The fraction of sp³-hybridized carbons (Fsp3) is 0.154. The summed E-state index contributed by atoms with van der Waals surface area (Å²) in [7, 11) is 1.61. The number of anilines is 1. The number of methoxy groups -OCH3 is 1. The van der Waals surface area contributed by atoms with Crippen molar-refractivity contribution in [1.29, 1.82) is 0 Å². The zero-order valence-corrected chi connectivity index (χ0v) is 13.2. The number of hydrogen-bond donors (Lipinski definition) is 1. The second-order valence-corrected chi connectivity index (χ2v) is 6.26. The number of halogens is 3. The Bertz CT molecular complexity index is 653. The van der Waals surface area contributed by atoms with E-state index in [9.17, 15) is 0 Å². The third-order valence-electron chi connectivity index (χ3n) is 2.46.